The summed E-state index contributed by atoms with van der Waals surface area (Å²) in [7, 11) is 0. The van der Waals surface area contributed by atoms with Crippen LogP contribution >= 0.6 is 0 Å². The number of rotatable bonds is 6. The van der Waals surface area contributed by atoms with Crippen LogP contribution in [0.25, 0.3) is 16.6 Å². The Morgan fingerprint density at radius 2 is 1.74 bits per heavy atom. The second-order valence-corrected chi connectivity index (χ2v) is 8.59. The molecule has 5 rings (SSSR count). The Labute approximate surface area is 201 Å². The van der Waals surface area contributed by atoms with E-state index in [-0.39, 0.29) is 12.0 Å². The van der Waals surface area contributed by atoms with Gasteiger partial charge in [0, 0.05) is 31.7 Å². The summed E-state index contributed by atoms with van der Waals surface area (Å²) < 4.78 is 6.93. The Morgan fingerprint density at radius 1 is 1.00 bits per heavy atom. The number of para-hydroxylation sites is 1. The van der Waals surface area contributed by atoms with Crippen LogP contribution in [0.5, 0.6) is 0 Å². The standard InChI is InChI=1S/C27H26N4O4/c32-25(28-16-22-18-30(13-14-35-22)17-19-7-3-1-4-8-19)20-11-12-23-24(15-20)29-27(34)31(26(23)33)21-9-5-2-6-10-21/h1-12,15,22H,13-14,16-18H2,(H,28,32)(H,29,34). The Balaban J connectivity index is 1.27. The van der Waals surface area contributed by atoms with Crippen LogP contribution < -0.4 is 16.6 Å². The predicted octanol–water partition coefficient (Wildman–Crippen LogP) is 2.31. The first-order chi connectivity index (χ1) is 17.1. The Bertz CT molecular complexity index is 1450. The molecule has 2 heterocycles. The molecule has 1 fully saturated rings. The minimum Gasteiger partial charge on any atom is -0.374 e. The summed E-state index contributed by atoms with van der Waals surface area (Å²) >= 11 is 0. The number of fused-ring (bicyclic) bond motifs is 1. The summed E-state index contributed by atoms with van der Waals surface area (Å²) in [6.07, 6.45) is -0.116. The number of hydrogen-bond donors (Lipinski definition) is 2. The smallest absolute Gasteiger partial charge is 0.333 e. The second-order valence-electron chi connectivity index (χ2n) is 8.59. The van der Waals surface area contributed by atoms with E-state index >= 15 is 0 Å². The molecule has 1 aromatic heterocycles. The number of nitrogens with zero attached hydrogens (tertiary/aromatic N) is 2. The molecule has 0 saturated carbocycles. The van der Waals surface area contributed by atoms with Crippen LogP contribution in [-0.2, 0) is 11.3 Å². The van der Waals surface area contributed by atoms with E-state index < -0.39 is 11.2 Å². The molecule has 8 heteroatoms. The number of benzene rings is 3. The highest BCUT2D eigenvalue weighted by molar-refractivity contribution is 5.97. The summed E-state index contributed by atoms with van der Waals surface area (Å²) in [5.41, 5.74) is 1.42. The lowest BCUT2D eigenvalue weighted by Crippen LogP contribution is -2.47. The van der Waals surface area contributed by atoms with Gasteiger partial charge in [0.05, 0.1) is 29.3 Å². The molecule has 4 aromatic rings. The quantitative estimate of drug-likeness (QED) is 0.451. The van der Waals surface area contributed by atoms with Gasteiger partial charge in [0.1, 0.15) is 0 Å². The lowest BCUT2D eigenvalue weighted by Gasteiger charge is -2.33. The number of aromatic nitrogens is 2. The van der Waals surface area contributed by atoms with Crippen molar-refractivity contribution in [3.8, 4) is 5.69 Å². The largest absolute Gasteiger partial charge is 0.374 e. The fourth-order valence-electron chi connectivity index (χ4n) is 4.37. The zero-order valence-corrected chi connectivity index (χ0v) is 19.1. The van der Waals surface area contributed by atoms with E-state index in [0.29, 0.717) is 35.3 Å². The van der Waals surface area contributed by atoms with Crippen molar-refractivity contribution in [2.75, 3.05) is 26.2 Å². The average molecular weight is 471 g/mol. The van der Waals surface area contributed by atoms with E-state index in [1.807, 2.05) is 24.3 Å². The number of aromatic amines is 1. The van der Waals surface area contributed by atoms with Gasteiger partial charge in [-0.2, -0.15) is 0 Å². The molecule has 0 aliphatic carbocycles. The number of hydrogen-bond acceptors (Lipinski definition) is 5. The van der Waals surface area contributed by atoms with E-state index in [4.69, 9.17) is 4.74 Å². The molecule has 0 radical (unpaired) electrons. The Kier molecular flexibility index (Phi) is 6.56. The molecule has 2 N–H and O–H groups in total. The normalized spacial score (nSPS) is 16.3. The number of H-pyrrole nitrogens is 1. The molecule has 178 valence electrons. The lowest BCUT2D eigenvalue weighted by atomic mass is 10.1. The van der Waals surface area contributed by atoms with Crippen molar-refractivity contribution in [2.45, 2.75) is 12.6 Å². The fourth-order valence-corrected chi connectivity index (χ4v) is 4.37. The van der Waals surface area contributed by atoms with Crippen molar-refractivity contribution >= 4 is 16.8 Å². The van der Waals surface area contributed by atoms with Gasteiger partial charge in [-0.25, -0.2) is 9.36 Å². The molecule has 1 aliphatic heterocycles. The van der Waals surface area contributed by atoms with Crippen molar-refractivity contribution in [2.24, 2.45) is 0 Å². The number of carbonyl (C=O) groups excluding carboxylic acids is 1. The topological polar surface area (TPSA) is 96.4 Å². The Morgan fingerprint density at radius 3 is 2.51 bits per heavy atom. The summed E-state index contributed by atoms with van der Waals surface area (Å²) in [4.78, 5) is 43.4. The van der Waals surface area contributed by atoms with E-state index in [2.05, 4.69) is 27.3 Å². The number of morpholine rings is 1. The summed E-state index contributed by atoms with van der Waals surface area (Å²) in [5, 5.41) is 3.25. The number of nitrogens with one attached hydrogen (secondary N) is 2. The summed E-state index contributed by atoms with van der Waals surface area (Å²) in [6, 6.07) is 23.7. The number of ether oxygens (including phenoxy) is 1. The van der Waals surface area contributed by atoms with Crippen molar-refractivity contribution in [3.63, 3.8) is 0 Å². The number of carbonyl (C=O) groups is 1. The highest BCUT2D eigenvalue weighted by Crippen LogP contribution is 2.13. The van der Waals surface area contributed by atoms with Crippen LogP contribution in [0.2, 0.25) is 0 Å². The molecular weight excluding hydrogens is 444 g/mol. The van der Waals surface area contributed by atoms with Gasteiger partial charge in [0.2, 0.25) is 0 Å². The number of amides is 1. The monoisotopic (exact) mass is 470 g/mol. The first kappa shape index (κ1) is 22.8. The maximum absolute atomic E-state index is 12.9. The molecule has 35 heavy (non-hydrogen) atoms. The average Bonchev–Trinajstić information content (AvgIpc) is 2.88. The van der Waals surface area contributed by atoms with Crippen molar-refractivity contribution < 1.29 is 9.53 Å². The van der Waals surface area contributed by atoms with E-state index in [1.165, 1.54) is 11.6 Å². The van der Waals surface area contributed by atoms with Crippen LogP contribution in [0.15, 0.2) is 88.5 Å². The van der Waals surface area contributed by atoms with Gasteiger partial charge in [-0.05, 0) is 35.9 Å². The van der Waals surface area contributed by atoms with Crippen LogP contribution in [-0.4, -0.2) is 52.7 Å². The molecule has 0 bridgehead atoms. The molecule has 1 atom stereocenters. The molecule has 1 saturated heterocycles. The van der Waals surface area contributed by atoms with Crippen molar-refractivity contribution in [3.05, 3.63) is 111 Å². The Hall–Kier alpha value is -4.01. The van der Waals surface area contributed by atoms with Gasteiger partial charge in [-0.1, -0.05) is 48.5 Å². The zero-order valence-electron chi connectivity index (χ0n) is 19.1. The van der Waals surface area contributed by atoms with Crippen LogP contribution in [0.1, 0.15) is 15.9 Å². The minimum atomic E-state index is -0.555. The molecule has 1 amide bonds. The third-order valence-electron chi connectivity index (χ3n) is 6.14. The van der Waals surface area contributed by atoms with Crippen LogP contribution in [0.3, 0.4) is 0 Å². The minimum absolute atomic E-state index is 0.116. The second kappa shape index (κ2) is 10.1. The van der Waals surface area contributed by atoms with Crippen LogP contribution in [0, 0.1) is 0 Å². The lowest BCUT2D eigenvalue weighted by molar-refractivity contribution is -0.0292. The summed E-state index contributed by atoms with van der Waals surface area (Å²) in [5.74, 6) is -0.288. The van der Waals surface area contributed by atoms with Crippen LogP contribution in [0.4, 0.5) is 0 Å². The molecule has 8 nitrogen and oxygen atoms in total. The van der Waals surface area contributed by atoms with Gasteiger partial charge < -0.3 is 15.0 Å². The highest BCUT2D eigenvalue weighted by Gasteiger charge is 2.21. The van der Waals surface area contributed by atoms with Gasteiger partial charge in [0.25, 0.3) is 11.5 Å². The maximum atomic E-state index is 12.9. The molecule has 3 aromatic carbocycles. The zero-order chi connectivity index (χ0) is 24.2. The SMILES string of the molecule is O=C(NCC1CN(Cc2ccccc2)CCO1)c1ccc2c(=O)n(-c3ccccc3)c(=O)[nH]c2c1. The maximum Gasteiger partial charge on any atom is 0.333 e. The molecule has 1 aliphatic rings. The van der Waals surface area contributed by atoms with E-state index in [9.17, 15) is 14.4 Å². The summed E-state index contributed by atoms with van der Waals surface area (Å²) in [6.45, 7) is 3.39. The van der Waals surface area contributed by atoms with Gasteiger partial charge in [-0.3, -0.25) is 14.5 Å². The molecular formula is C27H26N4O4. The highest BCUT2D eigenvalue weighted by atomic mass is 16.5. The third kappa shape index (κ3) is 5.08. The van der Waals surface area contributed by atoms with E-state index in [0.717, 1.165) is 24.2 Å². The van der Waals surface area contributed by atoms with Gasteiger partial charge >= 0.3 is 5.69 Å². The predicted molar refractivity (Wildman–Crippen MR) is 134 cm³/mol. The molecule has 0 spiro atoms. The first-order valence-corrected chi connectivity index (χ1v) is 11.6. The third-order valence-corrected chi connectivity index (χ3v) is 6.14. The van der Waals surface area contributed by atoms with Gasteiger partial charge in [-0.15, -0.1) is 0 Å². The molecule has 1 unspecified atom stereocenters. The fraction of sp³-hybridized carbons (Fsp3) is 0.222. The first-order valence-electron chi connectivity index (χ1n) is 11.6. The van der Waals surface area contributed by atoms with Crippen molar-refractivity contribution in [1.82, 2.24) is 19.8 Å². The van der Waals surface area contributed by atoms with Gasteiger partial charge in [0.15, 0.2) is 0 Å². The van der Waals surface area contributed by atoms with E-state index in [1.54, 1.807) is 36.4 Å². The van der Waals surface area contributed by atoms with Crippen molar-refractivity contribution in [1.29, 1.82) is 0 Å².